The van der Waals surface area contributed by atoms with Crippen LogP contribution >= 0.6 is 0 Å². The molecule has 0 saturated carbocycles. The Kier molecular flexibility index (Phi) is 28.8. The van der Waals surface area contributed by atoms with Crippen molar-refractivity contribution in [3.8, 4) is 0 Å². The average molecular weight is 427 g/mol. The van der Waals surface area contributed by atoms with Crippen LogP contribution in [0.1, 0.15) is 168 Å². The first-order chi connectivity index (χ1) is 14.9. The minimum atomic E-state index is 0.773. The van der Waals surface area contributed by atoms with Gasteiger partial charge in [0.2, 0.25) is 0 Å². The van der Waals surface area contributed by atoms with Gasteiger partial charge >= 0.3 is 0 Å². The van der Waals surface area contributed by atoms with Crippen molar-refractivity contribution in [1.29, 1.82) is 0 Å². The van der Waals surface area contributed by atoms with Crippen molar-refractivity contribution >= 4 is 0 Å². The molecule has 0 amide bonds. The van der Waals surface area contributed by atoms with E-state index in [1.54, 1.807) is 0 Å². The molecule has 0 spiro atoms. The van der Waals surface area contributed by atoms with Crippen LogP contribution in [0.5, 0.6) is 0 Å². The van der Waals surface area contributed by atoms with Gasteiger partial charge in [-0.05, 0) is 12.8 Å². The highest BCUT2D eigenvalue weighted by molar-refractivity contribution is 4.49. The van der Waals surface area contributed by atoms with Crippen molar-refractivity contribution in [2.45, 2.75) is 168 Å². The van der Waals surface area contributed by atoms with Crippen LogP contribution in [0.25, 0.3) is 0 Å². The largest absolute Gasteiger partial charge is 0.237 e. The first-order valence-corrected chi connectivity index (χ1v) is 14.2. The summed E-state index contributed by atoms with van der Waals surface area (Å²) in [4.78, 5) is 10.7. The molecule has 0 unspecified atom stereocenters. The highest BCUT2D eigenvalue weighted by Crippen LogP contribution is 2.13. The minimum absolute atomic E-state index is 0.773. The molecule has 0 fully saturated rings. The molecule has 0 aromatic rings. The van der Waals surface area contributed by atoms with E-state index in [0.717, 1.165) is 26.1 Å². The second-order valence-electron chi connectivity index (χ2n) is 9.42. The molecule has 2 heteroatoms. The van der Waals surface area contributed by atoms with E-state index in [0.29, 0.717) is 0 Å². The summed E-state index contributed by atoms with van der Waals surface area (Å²) in [6.07, 6.45) is 33.2. The van der Waals surface area contributed by atoms with Crippen LogP contribution in [0.15, 0.2) is 0 Å². The van der Waals surface area contributed by atoms with Crippen LogP contribution in [-0.4, -0.2) is 13.2 Å². The number of rotatable bonds is 27. The Morgan fingerprint density at radius 2 is 0.467 bits per heavy atom. The predicted molar refractivity (Wildman–Crippen MR) is 134 cm³/mol. The maximum atomic E-state index is 5.33. The Balaban J connectivity index is 2.97. The minimum Gasteiger partial charge on any atom is -0.237 e. The fraction of sp³-hybridized carbons (Fsp3) is 1.00. The van der Waals surface area contributed by atoms with E-state index in [9.17, 15) is 0 Å². The molecular formula is C28H58O2. The molecule has 2 nitrogen and oxygen atoms in total. The third-order valence-electron chi connectivity index (χ3n) is 6.25. The van der Waals surface area contributed by atoms with Gasteiger partial charge in [-0.1, -0.05) is 155 Å². The van der Waals surface area contributed by atoms with Crippen molar-refractivity contribution in [3.05, 3.63) is 0 Å². The van der Waals surface area contributed by atoms with Crippen molar-refractivity contribution in [2.75, 3.05) is 13.2 Å². The predicted octanol–water partition coefficient (Wildman–Crippen LogP) is 10.3. The molecule has 0 aliphatic rings. The van der Waals surface area contributed by atoms with E-state index in [4.69, 9.17) is 9.78 Å². The monoisotopic (exact) mass is 426 g/mol. The van der Waals surface area contributed by atoms with Gasteiger partial charge in [-0.3, -0.25) is 0 Å². The lowest BCUT2D eigenvalue weighted by Gasteiger charge is -2.05. The van der Waals surface area contributed by atoms with E-state index in [-0.39, 0.29) is 0 Å². The van der Waals surface area contributed by atoms with Gasteiger partial charge in [0.25, 0.3) is 0 Å². The molecule has 0 heterocycles. The summed E-state index contributed by atoms with van der Waals surface area (Å²) < 4.78 is 0. The van der Waals surface area contributed by atoms with Gasteiger partial charge in [-0.15, -0.1) is 0 Å². The van der Waals surface area contributed by atoms with Gasteiger partial charge in [0.15, 0.2) is 0 Å². The molecule has 0 aromatic heterocycles. The molecule has 0 aromatic carbocycles. The summed E-state index contributed by atoms with van der Waals surface area (Å²) in [5, 5.41) is 0. The molecule has 182 valence electrons. The lowest BCUT2D eigenvalue weighted by molar-refractivity contribution is -0.295. The molecule has 0 aliphatic heterocycles. The highest BCUT2D eigenvalue weighted by Gasteiger charge is 1.96. The van der Waals surface area contributed by atoms with Gasteiger partial charge in [0.1, 0.15) is 0 Å². The van der Waals surface area contributed by atoms with Crippen molar-refractivity contribution in [3.63, 3.8) is 0 Å². The van der Waals surface area contributed by atoms with Gasteiger partial charge in [-0.25, -0.2) is 9.78 Å². The summed E-state index contributed by atoms with van der Waals surface area (Å²) in [7, 11) is 0. The number of hydrogen-bond donors (Lipinski definition) is 0. The zero-order chi connectivity index (χ0) is 21.8. The number of unbranched alkanes of at least 4 members (excludes halogenated alkanes) is 22. The average Bonchev–Trinajstić information content (AvgIpc) is 2.76. The highest BCUT2D eigenvalue weighted by atomic mass is 17.2. The van der Waals surface area contributed by atoms with Crippen molar-refractivity contribution in [2.24, 2.45) is 0 Å². The molecule has 0 rings (SSSR count). The Morgan fingerprint density at radius 1 is 0.267 bits per heavy atom. The maximum Gasteiger partial charge on any atom is 0.0822 e. The van der Waals surface area contributed by atoms with E-state index < -0.39 is 0 Å². The molecule has 0 radical (unpaired) electrons. The lowest BCUT2D eigenvalue weighted by Crippen LogP contribution is -1.99. The fourth-order valence-corrected chi connectivity index (χ4v) is 4.12. The molecule has 0 aliphatic carbocycles. The zero-order valence-electron chi connectivity index (χ0n) is 21.2. The Bertz CT molecular complexity index is 252. The zero-order valence-corrected chi connectivity index (χ0v) is 21.2. The van der Waals surface area contributed by atoms with E-state index in [1.807, 2.05) is 0 Å². The maximum absolute atomic E-state index is 5.33. The van der Waals surface area contributed by atoms with Crippen LogP contribution in [0, 0.1) is 0 Å². The third kappa shape index (κ3) is 27.9. The molecular weight excluding hydrogens is 368 g/mol. The smallest absolute Gasteiger partial charge is 0.0822 e. The Labute approximate surface area is 191 Å². The molecule has 0 N–H and O–H groups in total. The quantitative estimate of drug-likeness (QED) is 0.0738. The second kappa shape index (κ2) is 28.9. The van der Waals surface area contributed by atoms with Crippen LogP contribution in [0.3, 0.4) is 0 Å². The van der Waals surface area contributed by atoms with E-state index >= 15 is 0 Å². The number of hydrogen-bond acceptors (Lipinski definition) is 2. The lowest BCUT2D eigenvalue weighted by atomic mass is 10.1. The second-order valence-corrected chi connectivity index (χ2v) is 9.42. The SMILES string of the molecule is CCCCCCCCCCCCCCOOCCCCCCCCCCCCCC. The first kappa shape index (κ1) is 29.9. The van der Waals surface area contributed by atoms with Crippen LogP contribution in [0.2, 0.25) is 0 Å². The van der Waals surface area contributed by atoms with Crippen LogP contribution in [-0.2, 0) is 9.78 Å². The third-order valence-corrected chi connectivity index (χ3v) is 6.25. The van der Waals surface area contributed by atoms with Crippen LogP contribution < -0.4 is 0 Å². The molecule has 30 heavy (non-hydrogen) atoms. The summed E-state index contributed by atoms with van der Waals surface area (Å²) in [5.74, 6) is 0. The summed E-state index contributed by atoms with van der Waals surface area (Å²) in [6.45, 7) is 6.12. The molecule has 0 saturated heterocycles. The molecule has 0 atom stereocenters. The van der Waals surface area contributed by atoms with Crippen molar-refractivity contribution < 1.29 is 9.78 Å². The summed E-state index contributed by atoms with van der Waals surface area (Å²) in [6, 6.07) is 0. The van der Waals surface area contributed by atoms with Gasteiger partial charge < -0.3 is 0 Å². The van der Waals surface area contributed by atoms with Gasteiger partial charge in [0.05, 0.1) is 13.2 Å². The van der Waals surface area contributed by atoms with E-state index in [1.165, 1.54) is 141 Å². The van der Waals surface area contributed by atoms with Crippen molar-refractivity contribution in [1.82, 2.24) is 0 Å². The summed E-state index contributed by atoms with van der Waals surface area (Å²) in [5.41, 5.74) is 0. The Morgan fingerprint density at radius 3 is 0.700 bits per heavy atom. The normalized spacial score (nSPS) is 11.4. The van der Waals surface area contributed by atoms with Gasteiger partial charge in [0, 0.05) is 0 Å². The van der Waals surface area contributed by atoms with Crippen LogP contribution in [0.4, 0.5) is 0 Å². The standard InChI is InChI=1S/C28H58O2/c1-3-5-7-9-11-13-15-17-19-21-23-25-27-29-30-28-26-24-22-20-18-16-14-12-10-8-6-4-2/h3-28H2,1-2H3. The topological polar surface area (TPSA) is 18.5 Å². The Hall–Kier alpha value is -0.0800. The first-order valence-electron chi connectivity index (χ1n) is 14.2. The molecule has 0 bridgehead atoms. The van der Waals surface area contributed by atoms with Gasteiger partial charge in [-0.2, -0.15) is 0 Å². The summed E-state index contributed by atoms with van der Waals surface area (Å²) >= 11 is 0. The fourth-order valence-electron chi connectivity index (χ4n) is 4.12. The van der Waals surface area contributed by atoms with E-state index in [2.05, 4.69) is 13.8 Å².